The first-order valence-electron chi connectivity index (χ1n) is 16.0. The van der Waals surface area contributed by atoms with Crippen LogP contribution in [0.4, 0.5) is 9.18 Å². The summed E-state index contributed by atoms with van der Waals surface area (Å²) in [5.41, 5.74) is 2.88. The molecule has 1 saturated carbocycles. The molecule has 0 spiro atoms. The van der Waals surface area contributed by atoms with Gasteiger partial charge in [0.25, 0.3) is 0 Å². The third-order valence-electron chi connectivity index (χ3n) is 8.48. The summed E-state index contributed by atoms with van der Waals surface area (Å²) in [7, 11) is 1.83. The van der Waals surface area contributed by atoms with Crippen LogP contribution in [0.1, 0.15) is 64.0 Å². The van der Waals surface area contributed by atoms with Gasteiger partial charge in [-0.1, -0.05) is 12.1 Å². The number of nitrogens with zero attached hydrogens (tertiary/aromatic N) is 4. The van der Waals surface area contributed by atoms with Crippen molar-refractivity contribution in [2.75, 3.05) is 20.1 Å². The first-order chi connectivity index (χ1) is 22.0. The van der Waals surface area contributed by atoms with Crippen LogP contribution in [-0.4, -0.2) is 63.4 Å². The zero-order valence-electron chi connectivity index (χ0n) is 26.9. The molecule has 2 fully saturated rings. The second-order valence-electron chi connectivity index (χ2n) is 13.5. The van der Waals surface area contributed by atoms with Gasteiger partial charge in [0.1, 0.15) is 17.1 Å². The molecule has 1 aliphatic carbocycles. The third-order valence-corrected chi connectivity index (χ3v) is 9.64. The summed E-state index contributed by atoms with van der Waals surface area (Å²) in [4.78, 5) is 39.0. The van der Waals surface area contributed by atoms with E-state index in [1.165, 1.54) is 17.4 Å². The number of carbonyl (C=O) groups is 2. The van der Waals surface area contributed by atoms with Crippen molar-refractivity contribution in [2.45, 2.75) is 77.5 Å². The minimum absolute atomic E-state index is 0.115. The van der Waals surface area contributed by atoms with Gasteiger partial charge in [-0.05, 0) is 87.8 Å². The van der Waals surface area contributed by atoms with Gasteiger partial charge in [-0.3, -0.25) is 19.7 Å². The zero-order valence-corrected chi connectivity index (χ0v) is 27.7. The molecule has 2 aliphatic rings. The van der Waals surface area contributed by atoms with Crippen molar-refractivity contribution < 1.29 is 23.5 Å². The van der Waals surface area contributed by atoms with Gasteiger partial charge >= 0.3 is 6.09 Å². The average Bonchev–Trinajstić information content (AvgIpc) is 3.71. The molecule has 6 rings (SSSR count). The van der Waals surface area contributed by atoms with Crippen LogP contribution in [-0.2, 0) is 22.5 Å². The number of hydrogen-bond acceptors (Lipinski definition) is 8. The van der Waals surface area contributed by atoms with Crippen molar-refractivity contribution in [2.24, 2.45) is 5.92 Å². The number of pyridine rings is 2. The molecular weight excluding hydrogens is 603 g/mol. The Morgan fingerprint density at radius 1 is 1.00 bits per heavy atom. The quantitative estimate of drug-likeness (QED) is 0.173. The molecule has 46 heavy (non-hydrogen) atoms. The fourth-order valence-corrected chi connectivity index (χ4v) is 6.83. The number of hydrogen-bond donors (Lipinski definition) is 0. The van der Waals surface area contributed by atoms with E-state index in [9.17, 15) is 14.0 Å². The standard InChI is InChI=1S/C36H41FN4O4S/c1-36(2,3)45-35(43)40(4)26-12-15-41(16-13-26)22-25-7-9-29(39-21-25)33-20-30-34(46-33)32(11-14-38-30)44-31-10-8-24(19-28(31)37)18-27(42)17-23-5-6-23/h7-11,14,19-21,23,26H,5-6,12-13,15-18,22H2,1-4H3. The second kappa shape index (κ2) is 13.5. The largest absolute Gasteiger partial charge is 0.453 e. The highest BCUT2D eigenvalue weighted by atomic mass is 32.1. The van der Waals surface area contributed by atoms with E-state index >= 15 is 0 Å². The van der Waals surface area contributed by atoms with Gasteiger partial charge < -0.3 is 14.4 Å². The van der Waals surface area contributed by atoms with Gasteiger partial charge in [-0.2, -0.15) is 0 Å². The third kappa shape index (κ3) is 8.09. The van der Waals surface area contributed by atoms with E-state index in [4.69, 9.17) is 14.5 Å². The molecule has 4 aromatic rings. The van der Waals surface area contributed by atoms with E-state index in [-0.39, 0.29) is 30.1 Å². The summed E-state index contributed by atoms with van der Waals surface area (Å²) in [6.45, 7) is 8.24. The number of likely N-dealkylation sites (tertiary alicyclic amines) is 1. The Kier molecular flexibility index (Phi) is 9.38. The monoisotopic (exact) mass is 644 g/mol. The van der Waals surface area contributed by atoms with Crippen LogP contribution in [0.3, 0.4) is 0 Å². The molecule has 1 amide bonds. The number of ether oxygens (including phenoxy) is 2. The highest BCUT2D eigenvalue weighted by Gasteiger charge is 2.29. The predicted octanol–water partition coefficient (Wildman–Crippen LogP) is 8.03. The Bertz CT molecular complexity index is 1710. The van der Waals surface area contributed by atoms with Crippen LogP contribution in [0.15, 0.2) is 54.9 Å². The van der Waals surface area contributed by atoms with E-state index in [2.05, 4.69) is 16.0 Å². The molecule has 0 N–H and O–H groups in total. The average molecular weight is 645 g/mol. The fraction of sp³-hybridized carbons (Fsp3) is 0.444. The molecule has 1 aromatic carbocycles. The summed E-state index contributed by atoms with van der Waals surface area (Å²) in [6, 6.07) is 12.8. The van der Waals surface area contributed by atoms with E-state index in [0.717, 1.165) is 71.7 Å². The molecule has 4 heterocycles. The molecule has 0 radical (unpaired) electrons. The maximum absolute atomic E-state index is 15.0. The minimum atomic E-state index is -0.502. The molecule has 0 unspecified atom stereocenters. The number of piperidine rings is 1. The predicted molar refractivity (Wildman–Crippen MR) is 178 cm³/mol. The van der Waals surface area contributed by atoms with Crippen LogP contribution < -0.4 is 4.74 Å². The minimum Gasteiger partial charge on any atom is -0.453 e. The number of Topliss-reactive ketones (excluding diaryl/α,β-unsaturated/α-hetero) is 1. The summed E-state index contributed by atoms with van der Waals surface area (Å²) in [6.07, 6.45) is 8.17. The van der Waals surface area contributed by atoms with Crippen molar-refractivity contribution >= 4 is 33.4 Å². The van der Waals surface area contributed by atoms with Crippen molar-refractivity contribution in [3.63, 3.8) is 0 Å². The summed E-state index contributed by atoms with van der Waals surface area (Å²) in [5, 5.41) is 0. The van der Waals surface area contributed by atoms with Crippen LogP contribution in [0.5, 0.6) is 11.5 Å². The van der Waals surface area contributed by atoms with Crippen molar-refractivity contribution in [1.29, 1.82) is 0 Å². The normalized spacial score (nSPS) is 16.0. The zero-order chi connectivity index (χ0) is 32.4. The maximum atomic E-state index is 15.0. The van der Waals surface area contributed by atoms with Gasteiger partial charge in [-0.15, -0.1) is 11.3 Å². The molecule has 10 heteroatoms. The van der Waals surface area contributed by atoms with E-state index in [0.29, 0.717) is 23.7 Å². The van der Waals surface area contributed by atoms with Gasteiger partial charge in [0.15, 0.2) is 11.6 Å². The fourth-order valence-electron chi connectivity index (χ4n) is 5.79. The molecule has 0 atom stereocenters. The number of fused-ring (bicyclic) bond motifs is 1. The number of benzene rings is 1. The highest BCUT2D eigenvalue weighted by Crippen LogP contribution is 2.39. The Labute approximate surface area is 273 Å². The number of amides is 1. The molecule has 242 valence electrons. The number of carbonyl (C=O) groups excluding carboxylic acids is 2. The number of ketones is 1. The summed E-state index contributed by atoms with van der Waals surface area (Å²) >= 11 is 1.51. The van der Waals surface area contributed by atoms with E-state index < -0.39 is 11.4 Å². The highest BCUT2D eigenvalue weighted by molar-refractivity contribution is 7.22. The van der Waals surface area contributed by atoms with Crippen molar-refractivity contribution in [3.8, 4) is 22.1 Å². The molecular formula is C36H41FN4O4S. The Morgan fingerprint density at radius 2 is 1.76 bits per heavy atom. The number of halogens is 1. The lowest BCUT2D eigenvalue weighted by molar-refractivity contribution is -0.118. The van der Waals surface area contributed by atoms with Crippen molar-refractivity contribution in [1.82, 2.24) is 19.8 Å². The number of thiophene rings is 1. The number of rotatable bonds is 10. The summed E-state index contributed by atoms with van der Waals surface area (Å²) in [5.74, 6) is 0.825. The Balaban J connectivity index is 1.06. The lowest BCUT2D eigenvalue weighted by atomic mass is 10.0. The molecule has 3 aromatic heterocycles. The van der Waals surface area contributed by atoms with E-state index in [1.807, 2.05) is 46.1 Å². The second-order valence-corrected chi connectivity index (χ2v) is 14.6. The molecule has 1 saturated heterocycles. The van der Waals surface area contributed by atoms with E-state index in [1.54, 1.807) is 29.3 Å². The molecule has 0 bridgehead atoms. The Morgan fingerprint density at radius 3 is 2.43 bits per heavy atom. The maximum Gasteiger partial charge on any atom is 0.410 e. The van der Waals surface area contributed by atoms with Crippen LogP contribution in [0.25, 0.3) is 20.8 Å². The SMILES string of the molecule is CN(C(=O)OC(C)(C)C)C1CCN(Cc2ccc(-c3cc4nccc(Oc5ccc(CC(=O)CC6CC6)cc5F)c4s3)nc2)CC1. The smallest absolute Gasteiger partial charge is 0.410 e. The van der Waals surface area contributed by atoms with Crippen LogP contribution in [0, 0.1) is 11.7 Å². The Hall–Kier alpha value is -3.89. The lowest BCUT2D eigenvalue weighted by Gasteiger charge is -2.37. The first kappa shape index (κ1) is 32.1. The molecule has 8 nitrogen and oxygen atoms in total. The van der Waals surface area contributed by atoms with Gasteiger partial charge in [0, 0.05) is 64.0 Å². The first-order valence-corrected chi connectivity index (χ1v) is 16.8. The molecule has 1 aliphatic heterocycles. The van der Waals surface area contributed by atoms with Crippen LogP contribution >= 0.6 is 11.3 Å². The van der Waals surface area contributed by atoms with Crippen molar-refractivity contribution in [3.05, 3.63) is 71.8 Å². The van der Waals surface area contributed by atoms with Gasteiger partial charge in [0.05, 0.1) is 20.8 Å². The van der Waals surface area contributed by atoms with Crippen LogP contribution in [0.2, 0.25) is 0 Å². The summed E-state index contributed by atoms with van der Waals surface area (Å²) < 4.78 is 27.4. The lowest BCUT2D eigenvalue weighted by Crippen LogP contribution is -2.46. The van der Waals surface area contributed by atoms with Gasteiger partial charge in [-0.25, -0.2) is 9.18 Å². The van der Waals surface area contributed by atoms with Gasteiger partial charge in [0.2, 0.25) is 0 Å². The number of aromatic nitrogens is 2. The topological polar surface area (TPSA) is 84.9 Å².